The summed E-state index contributed by atoms with van der Waals surface area (Å²) in [7, 11) is 0. The van der Waals surface area contributed by atoms with E-state index in [1.807, 2.05) is 0 Å². The summed E-state index contributed by atoms with van der Waals surface area (Å²) < 4.78 is 16.9. The molecule has 1 atom stereocenters. The van der Waals surface area contributed by atoms with Gasteiger partial charge in [-0.1, -0.05) is 315 Å². The van der Waals surface area contributed by atoms with Crippen LogP contribution in [0.5, 0.6) is 0 Å². The number of hydrogen-bond donors (Lipinski definition) is 0. The van der Waals surface area contributed by atoms with Crippen molar-refractivity contribution in [1.29, 1.82) is 0 Å². The number of esters is 3. The van der Waals surface area contributed by atoms with Gasteiger partial charge in [0.25, 0.3) is 0 Å². The van der Waals surface area contributed by atoms with E-state index in [1.54, 1.807) is 0 Å². The summed E-state index contributed by atoms with van der Waals surface area (Å²) >= 11 is 0. The van der Waals surface area contributed by atoms with Gasteiger partial charge in [-0.05, 0) is 64.2 Å². The van der Waals surface area contributed by atoms with E-state index in [2.05, 4.69) is 45.1 Å². The molecule has 0 fully saturated rings. The van der Waals surface area contributed by atoms with Crippen molar-refractivity contribution in [3.63, 3.8) is 0 Å². The van der Waals surface area contributed by atoms with Crippen LogP contribution in [0.1, 0.15) is 374 Å². The van der Waals surface area contributed by atoms with Gasteiger partial charge in [0.2, 0.25) is 0 Å². The minimum absolute atomic E-state index is 0.0680. The van der Waals surface area contributed by atoms with Crippen LogP contribution in [-0.4, -0.2) is 37.2 Å². The molecule has 6 nitrogen and oxygen atoms in total. The van der Waals surface area contributed by atoms with Gasteiger partial charge >= 0.3 is 17.9 Å². The van der Waals surface area contributed by atoms with Gasteiger partial charge in [0, 0.05) is 19.3 Å². The maximum atomic E-state index is 12.9. The van der Waals surface area contributed by atoms with Gasteiger partial charge in [0.1, 0.15) is 13.2 Å². The van der Waals surface area contributed by atoms with Crippen LogP contribution in [0.15, 0.2) is 24.3 Å². The minimum Gasteiger partial charge on any atom is -0.462 e. The molecule has 0 spiro atoms. The van der Waals surface area contributed by atoms with Crippen molar-refractivity contribution >= 4 is 17.9 Å². The Hall–Kier alpha value is -2.11. The van der Waals surface area contributed by atoms with Crippen LogP contribution >= 0.6 is 0 Å². The summed E-state index contributed by atoms with van der Waals surface area (Å²) in [6.07, 6.45) is 76.4. The zero-order valence-electron chi connectivity index (χ0n) is 50.1. The third-order valence-electron chi connectivity index (χ3n) is 15.2. The Morgan fingerprint density at radius 2 is 0.459 bits per heavy atom. The van der Waals surface area contributed by atoms with Gasteiger partial charge in [-0.25, -0.2) is 0 Å². The highest BCUT2D eigenvalue weighted by Crippen LogP contribution is 2.18. The first-order valence-corrected chi connectivity index (χ1v) is 33.3. The summed E-state index contributed by atoms with van der Waals surface area (Å²) in [4.78, 5) is 38.2. The van der Waals surface area contributed by atoms with E-state index in [-0.39, 0.29) is 31.1 Å². The van der Waals surface area contributed by atoms with Crippen LogP contribution in [0.3, 0.4) is 0 Å². The number of carbonyl (C=O) groups is 3. The zero-order valence-corrected chi connectivity index (χ0v) is 50.1. The lowest BCUT2D eigenvalue weighted by molar-refractivity contribution is -0.167. The molecule has 0 bridgehead atoms. The summed E-state index contributed by atoms with van der Waals surface area (Å²) in [5.41, 5.74) is 0. The molecule has 0 amide bonds. The van der Waals surface area contributed by atoms with E-state index >= 15 is 0 Å². The Balaban J connectivity index is 4.11. The van der Waals surface area contributed by atoms with Crippen molar-refractivity contribution in [3.8, 4) is 0 Å². The molecule has 0 rings (SSSR count). The summed E-state index contributed by atoms with van der Waals surface area (Å²) in [5, 5.41) is 0. The highest BCUT2D eigenvalue weighted by atomic mass is 16.6. The Bertz CT molecular complexity index is 1190. The third kappa shape index (κ3) is 60.8. The highest BCUT2D eigenvalue weighted by Gasteiger charge is 2.19. The summed E-state index contributed by atoms with van der Waals surface area (Å²) in [5.74, 6) is -0.852. The number of allylic oxidation sites excluding steroid dienone is 4. The SMILES string of the molecule is CCCC/C=C\CCCCCCCC(=O)OCC(COC(=O)CCCCCCCCCCCCCCCCCCC/C=C\CCCCCCCCCC)OC(=O)CCCCCCCCCCCCCCCCCC. The van der Waals surface area contributed by atoms with Crippen LogP contribution in [0.2, 0.25) is 0 Å². The first-order chi connectivity index (χ1) is 36.5. The molecule has 0 aromatic carbocycles. The number of hydrogen-bond acceptors (Lipinski definition) is 6. The maximum Gasteiger partial charge on any atom is 0.306 e. The molecular formula is C68H128O6. The Kier molecular flexibility index (Phi) is 61.6. The van der Waals surface area contributed by atoms with Crippen molar-refractivity contribution in [1.82, 2.24) is 0 Å². The third-order valence-corrected chi connectivity index (χ3v) is 15.2. The Labute approximate surface area is 462 Å². The second-order valence-corrected chi connectivity index (χ2v) is 22.7. The number of unbranched alkanes of at least 4 members (excludes halogenated alkanes) is 47. The second kappa shape index (κ2) is 63.4. The van der Waals surface area contributed by atoms with Crippen molar-refractivity contribution in [2.24, 2.45) is 0 Å². The molecule has 0 aliphatic carbocycles. The Morgan fingerprint density at radius 1 is 0.257 bits per heavy atom. The molecule has 74 heavy (non-hydrogen) atoms. The highest BCUT2D eigenvalue weighted by molar-refractivity contribution is 5.71. The van der Waals surface area contributed by atoms with Crippen molar-refractivity contribution < 1.29 is 28.6 Å². The lowest BCUT2D eigenvalue weighted by Gasteiger charge is -2.18. The number of rotatable bonds is 62. The molecule has 1 unspecified atom stereocenters. The van der Waals surface area contributed by atoms with Crippen LogP contribution in [0, 0.1) is 0 Å². The monoisotopic (exact) mass is 1040 g/mol. The molecule has 436 valence electrons. The predicted molar refractivity (Wildman–Crippen MR) is 321 cm³/mol. The fraction of sp³-hybridized carbons (Fsp3) is 0.897. The lowest BCUT2D eigenvalue weighted by atomic mass is 10.0. The first kappa shape index (κ1) is 71.9. The van der Waals surface area contributed by atoms with Gasteiger partial charge in [0.15, 0.2) is 6.10 Å². The van der Waals surface area contributed by atoms with E-state index in [0.29, 0.717) is 19.3 Å². The van der Waals surface area contributed by atoms with Gasteiger partial charge in [-0.2, -0.15) is 0 Å². The van der Waals surface area contributed by atoms with Gasteiger partial charge in [-0.3, -0.25) is 14.4 Å². The average molecular weight is 1040 g/mol. The van der Waals surface area contributed by atoms with Crippen molar-refractivity contribution in [2.75, 3.05) is 13.2 Å². The van der Waals surface area contributed by atoms with Crippen molar-refractivity contribution in [3.05, 3.63) is 24.3 Å². The summed E-state index contributed by atoms with van der Waals surface area (Å²) in [6.45, 7) is 6.66. The standard InChI is InChI=1S/C68H128O6/c1-4-7-10-13-16-19-22-24-26-28-29-30-31-32-33-34-35-36-37-38-39-40-42-43-46-49-52-55-58-61-67(70)73-64-65(63-72-66(69)60-57-54-51-48-45-21-18-15-12-9-6-3)74-68(71)62-59-56-53-50-47-44-41-27-25-23-20-17-14-11-8-5-2/h15,18,28-29,65H,4-14,16-17,19-27,30-64H2,1-3H3/b18-15-,29-28-. The molecule has 0 aromatic rings. The fourth-order valence-corrected chi connectivity index (χ4v) is 10.1. The van der Waals surface area contributed by atoms with Crippen LogP contribution in [0.25, 0.3) is 0 Å². The molecule has 0 N–H and O–H groups in total. The van der Waals surface area contributed by atoms with Gasteiger partial charge in [0.05, 0.1) is 0 Å². The molecule has 0 aromatic heterocycles. The largest absolute Gasteiger partial charge is 0.462 e. The Morgan fingerprint density at radius 3 is 0.716 bits per heavy atom. The summed E-state index contributed by atoms with van der Waals surface area (Å²) in [6, 6.07) is 0. The zero-order chi connectivity index (χ0) is 53.6. The number of ether oxygens (including phenoxy) is 3. The predicted octanol–water partition coefficient (Wildman–Crippen LogP) is 22.6. The van der Waals surface area contributed by atoms with E-state index in [1.165, 1.54) is 270 Å². The van der Waals surface area contributed by atoms with Crippen LogP contribution < -0.4 is 0 Å². The van der Waals surface area contributed by atoms with Gasteiger partial charge < -0.3 is 14.2 Å². The molecule has 0 saturated carbocycles. The average Bonchev–Trinajstić information content (AvgIpc) is 3.40. The van der Waals surface area contributed by atoms with E-state index in [9.17, 15) is 14.4 Å². The first-order valence-electron chi connectivity index (χ1n) is 33.3. The second-order valence-electron chi connectivity index (χ2n) is 22.7. The fourth-order valence-electron chi connectivity index (χ4n) is 10.1. The maximum absolute atomic E-state index is 12.9. The molecular weight excluding hydrogens is 913 g/mol. The smallest absolute Gasteiger partial charge is 0.306 e. The van der Waals surface area contributed by atoms with E-state index in [0.717, 1.165) is 64.2 Å². The molecule has 0 aliphatic rings. The van der Waals surface area contributed by atoms with Crippen molar-refractivity contribution in [2.45, 2.75) is 380 Å². The van der Waals surface area contributed by atoms with Gasteiger partial charge in [-0.15, -0.1) is 0 Å². The topological polar surface area (TPSA) is 78.9 Å². The lowest BCUT2D eigenvalue weighted by Crippen LogP contribution is -2.30. The quantitative estimate of drug-likeness (QED) is 0.0261. The minimum atomic E-state index is -0.770. The molecule has 0 aliphatic heterocycles. The van der Waals surface area contributed by atoms with Crippen LogP contribution in [0.4, 0.5) is 0 Å². The number of carbonyl (C=O) groups excluding carboxylic acids is 3. The normalized spacial score (nSPS) is 12.1. The van der Waals surface area contributed by atoms with Crippen LogP contribution in [-0.2, 0) is 28.6 Å². The molecule has 0 radical (unpaired) electrons. The molecule has 0 saturated heterocycles. The molecule has 6 heteroatoms. The van der Waals surface area contributed by atoms with E-state index < -0.39 is 6.10 Å². The van der Waals surface area contributed by atoms with E-state index in [4.69, 9.17) is 14.2 Å². The molecule has 0 heterocycles.